The van der Waals surface area contributed by atoms with Gasteiger partial charge in [0.15, 0.2) is 22.4 Å². The Morgan fingerprint density at radius 3 is 2.39 bits per heavy atom. The fourth-order valence-corrected chi connectivity index (χ4v) is 5.36. The molecule has 0 aromatic heterocycles. The lowest BCUT2D eigenvalue weighted by molar-refractivity contribution is -0.162. The first-order valence-electron chi connectivity index (χ1n) is 11.9. The van der Waals surface area contributed by atoms with Gasteiger partial charge in [0.2, 0.25) is 0 Å². The molecule has 6 nitrogen and oxygen atoms in total. The lowest BCUT2D eigenvalue weighted by atomic mass is 10.1. The van der Waals surface area contributed by atoms with Crippen LogP contribution in [0.25, 0.3) is 0 Å². The molecule has 2 fully saturated rings. The highest BCUT2D eigenvalue weighted by molar-refractivity contribution is 7.91. The smallest absolute Gasteiger partial charge is 0.183 e. The van der Waals surface area contributed by atoms with Crippen molar-refractivity contribution in [2.24, 2.45) is 0 Å². The molecule has 0 N–H and O–H groups in total. The number of hydrogen-bond donors (Lipinski definition) is 0. The van der Waals surface area contributed by atoms with Gasteiger partial charge in [-0.15, -0.1) is 0 Å². The van der Waals surface area contributed by atoms with Crippen LogP contribution < -0.4 is 0 Å². The molecule has 176 valence electrons. The Kier molecular flexibility index (Phi) is 10.8. The number of sulfone groups is 1. The van der Waals surface area contributed by atoms with Crippen LogP contribution in [0.4, 0.5) is 0 Å². The maximum absolute atomic E-state index is 12.4. The molecule has 3 rings (SSSR count). The third kappa shape index (κ3) is 9.18. The fraction of sp³-hybridized carbons (Fsp3) is 0.750. The van der Waals surface area contributed by atoms with Gasteiger partial charge in [-0.1, -0.05) is 56.7 Å². The van der Waals surface area contributed by atoms with Gasteiger partial charge < -0.3 is 18.9 Å². The number of unbranched alkanes of at least 4 members (excludes halogenated alkanes) is 6. The van der Waals surface area contributed by atoms with Crippen LogP contribution >= 0.6 is 0 Å². The third-order valence-electron chi connectivity index (χ3n) is 5.88. The fourth-order valence-electron chi connectivity index (χ4n) is 4.07. The number of rotatable bonds is 14. The highest BCUT2D eigenvalue weighted by Crippen LogP contribution is 2.22. The summed E-state index contributed by atoms with van der Waals surface area (Å²) in [6.45, 7) is 2.14. The Bertz CT molecular complexity index is 702. The average Bonchev–Trinajstić information content (AvgIpc) is 3.23. The van der Waals surface area contributed by atoms with Crippen molar-refractivity contribution in [1.82, 2.24) is 0 Å². The van der Waals surface area contributed by atoms with Crippen LogP contribution in [0.5, 0.6) is 0 Å². The van der Waals surface area contributed by atoms with Gasteiger partial charge in [0, 0.05) is 13.2 Å². The van der Waals surface area contributed by atoms with E-state index in [4.69, 9.17) is 18.9 Å². The lowest BCUT2D eigenvalue weighted by Gasteiger charge is -2.22. The van der Waals surface area contributed by atoms with Crippen LogP contribution in [0.15, 0.2) is 35.2 Å². The van der Waals surface area contributed by atoms with E-state index < -0.39 is 16.1 Å². The molecule has 2 saturated heterocycles. The second-order valence-electron chi connectivity index (χ2n) is 8.55. The topological polar surface area (TPSA) is 71.1 Å². The molecule has 2 aliphatic rings. The third-order valence-corrected chi connectivity index (χ3v) is 7.58. The van der Waals surface area contributed by atoms with Gasteiger partial charge in [0.05, 0.1) is 17.6 Å². The van der Waals surface area contributed by atoms with Crippen molar-refractivity contribution in [2.45, 2.75) is 94.2 Å². The van der Waals surface area contributed by atoms with E-state index in [2.05, 4.69) is 0 Å². The minimum Gasteiger partial charge on any atom is -0.353 e. The highest BCUT2D eigenvalue weighted by atomic mass is 32.2. The van der Waals surface area contributed by atoms with E-state index in [9.17, 15) is 8.42 Å². The van der Waals surface area contributed by atoms with Crippen LogP contribution in [-0.4, -0.2) is 52.7 Å². The number of benzene rings is 1. The van der Waals surface area contributed by atoms with Gasteiger partial charge in [0.1, 0.15) is 5.75 Å². The molecule has 0 bridgehead atoms. The predicted molar refractivity (Wildman–Crippen MR) is 120 cm³/mol. The zero-order valence-electron chi connectivity index (χ0n) is 18.6. The molecule has 0 radical (unpaired) electrons. The van der Waals surface area contributed by atoms with E-state index in [1.165, 1.54) is 38.5 Å². The highest BCUT2D eigenvalue weighted by Gasteiger charge is 2.30. The molecule has 0 amide bonds. The Hall–Kier alpha value is -0.990. The van der Waals surface area contributed by atoms with E-state index in [0.29, 0.717) is 11.5 Å². The second-order valence-corrected chi connectivity index (χ2v) is 10.6. The first-order valence-corrected chi connectivity index (χ1v) is 13.6. The minimum atomic E-state index is -3.38. The van der Waals surface area contributed by atoms with E-state index in [-0.39, 0.29) is 18.1 Å². The zero-order valence-corrected chi connectivity index (χ0v) is 19.4. The van der Waals surface area contributed by atoms with Crippen molar-refractivity contribution in [1.29, 1.82) is 0 Å². The maximum atomic E-state index is 12.4. The molecular weight excluding hydrogens is 416 g/mol. The Morgan fingerprint density at radius 1 is 0.903 bits per heavy atom. The SMILES string of the molecule is O=S(=O)(CC1OCC(CCCCCCCCCOC2CCCCO2)O1)c1ccccc1. The molecular formula is C24H38O6S. The molecule has 2 aliphatic heterocycles. The molecule has 1 aromatic carbocycles. The van der Waals surface area contributed by atoms with Crippen LogP contribution in [-0.2, 0) is 28.8 Å². The number of hydrogen-bond acceptors (Lipinski definition) is 6. The predicted octanol–water partition coefficient (Wildman–Crippen LogP) is 4.87. The molecule has 3 atom stereocenters. The van der Waals surface area contributed by atoms with Gasteiger partial charge in [-0.2, -0.15) is 0 Å². The summed E-state index contributed by atoms with van der Waals surface area (Å²) < 4.78 is 47.6. The van der Waals surface area contributed by atoms with Gasteiger partial charge in [-0.05, 0) is 44.2 Å². The summed E-state index contributed by atoms with van der Waals surface area (Å²) in [6.07, 6.45) is 12.1. The summed E-state index contributed by atoms with van der Waals surface area (Å²) >= 11 is 0. The van der Waals surface area contributed by atoms with Crippen molar-refractivity contribution in [3.05, 3.63) is 30.3 Å². The van der Waals surface area contributed by atoms with Crippen molar-refractivity contribution in [3.8, 4) is 0 Å². The maximum Gasteiger partial charge on any atom is 0.183 e. The first-order chi connectivity index (χ1) is 15.1. The zero-order chi connectivity index (χ0) is 21.8. The summed E-state index contributed by atoms with van der Waals surface area (Å²) in [7, 11) is -3.38. The quantitative estimate of drug-likeness (QED) is 0.374. The van der Waals surface area contributed by atoms with Crippen LogP contribution in [0.1, 0.15) is 70.6 Å². The summed E-state index contributed by atoms with van der Waals surface area (Å²) in [5.74, 6) is -0.121. The van der Waals surface area contributed by atoms with Crippen LogP contribution in [0, 0.1) is 0 Å². The molecule has 0 spiro atoms. The average molecular weight is 455 g/mol. The lowest BCUT2D eigenvalue weighted by Crippen LogP contribution is -2.22. The Balaban J connectivity index is 1.16. The van der Waals surface area contributed by atoms with Crippen molar-refractivity contribution in [3.63, 3.8) is 0 Å². The second kappa shape index (κ2) is 13.5. The van der Waals surface area contributed by atoms with Gasteiger partial charge in [-0.3, -0.25) is 0 Å². The van der Waals surface area contributed by atoms with Crippen molar-refractivity contribution >= 4 is 9.84 Å². The molecule has 31 heavy (non-hydrogen) atoms. The molecule has 0 saturated carbocycles. The van der Waals surface area contributed by atoms with E-state index in [1.807, 2.05) is 0 Å². The summed E-state index contributed by atoms with van der Waals surface area (Å²) in [5.41, 5.74) is 0. The normalized spacial score (nSPS) is 24.5. The molecule has 3 unspecified atom stereocenters. The van der Waals surface area contributed by atoms with Gasteiger partial charge >= 0.3 is 0 Å². The van der Waals surface area contributed by atoms with Gasteiger partial charge in [0.25, 0.3) is 0 Å². The summed E-state index contributed by atoms with van der Waals surface area (Å²) in [5, 5.41) is 0. The molecule has 1 aromatic rings. The molecule has 0 aliphatic carbocycles. The summed E-state index contributed by atoms with van der Waals surface area (Å²) in [6, 6.07) is 8.48. The van der Waals surface area contributed by atoms with Crippen molar-refractivity contribution < 1.29 is 27.4 Å². The standard InChI is InChI=1S/C24H38O6S/c25-31(26,22-14-8-6-9-15-22)20-24-29-19-21(30-24)13-7-4-2-1-3-5-11-17-27-23-16-10-12-18-28-23/h6,8-9,14-15,21,23-24H,1-5,7,10-13,16-20H2. The summed E-state index contributed by atoms with van der Waals surface area (Å²) in [4.78, 5) is 0.319. The first kappa shape index (κ1) is 24.6. The van der Waals surface area contributed by atoms with E-state index in [0.717, 1.165) is 45.3 Å². The van der Waals surface area contributed by atoms with E-state index >= 15 is 0 Å². The van der Waals surface area contributed by atoms with Crippen molar-refractivity contribution in [2.75, 3.05) is 25.6 Å². The minimum absolute atomic E-state index is 0.00938. The monoisotopic (exact) mass is 454 g/mol. The Morgan fingerprint density at radius 2 is 1.65 bits per heavy atom. The Labute approximate surface area is 187 Å². The van der Waals surface area contributed by atoms with Crippen LogP contribution in [0.3, 0.4) is 0 Å². The van der Waals surface area contributed by atoms with E-state index in [1.54, 1.807) is 30.3 Å². The van der Waals surface area contributed by atoms with Gasteiger partial charge in [-0.25, -0.2) is 8.42 Å². The molecule has 7 heteroatoms. The largest absolute Gasteiger partial charge is 0.353 e. The molecule has 2 heterocycles. The number of ether oxygens (including phenoxy) is 4. The van der Waals surface area contributed by atoms with Crippen LogP contribution in [0.2, 0.25) is 0 Å².